The first-order valence-electron chi connectivity index (χ1n) is 4.65. The van der Waals surface area contributed by atoms with Gasteiger partial charge in [0.05, 0.1) is 5.75 Å². The highest BCUT2D eigenvalue weighted by molar-refractivity contribution is 14.0. The maximum absolute atomic E-state index is 11.3. The molecule has 0 aliphatic carbocycles. The number of hydrogen-bond acceptors (Lipinski definition) is 3. The van der Waals surface area contributed by atoms with Crippen molar-refractivity contribution in [3.05, 3.63) is 0 Å². The number of hydrogen-bond donors (Lipinski definition) is 0. The van der Waals surface area contributed by atoms with Crippen molar-refractivity contribution in [2.75, 3.05) is 5.75 Å². The Kier molecular flexibility index (Phi) is 12.3. The van der Waals surface area contributed by atoms with E-state index in [-0.39, 0.29) is 29.7 Å². The Bertz CT molecular complexity index is 207. The lowest BCUT2D eigenvalue weighted by Gasteiger charge is -1.99. The lowest BCUT2D eigenvalue weighted by molar-refractivity contribution is 0.00288. The quantitative estimate of drug-likeness (QED) is 0.503. The van der Waals surface area contributed by atoms with Crippen molar-refractivity contribution >= 4 is 34.1 Å². The van der Waals surface area contributed by atoms with Crippen molar-refractivity contribution in [2.24, 2.45) is 0 Å². The number of unbranched alkanes of at least 4 members (excludes halogenated alkanes) is 5. The normalized spacial score (nSPS) is 11.0. The van der Waals surface area contributed by atoms with Crippen molar-refractivity contribution in [3.8, 4) is 0 Å². The largest absolute Gasteiger partial charge is 0.297 e. The summed E-state index contributed by atoms with van der Waals surface area (Å²) in [6, 6.07) is 0. The van der Waals surface area contributed by atoms with Crippen LogP contribution < -0.4 is 0 Å². The molecule has 0 amide bonds. The molecule has 6 heteroatoms. The first-order valence-corrected chi connectivity index (χ1v) is 6.23. The molecule has 0 bridgehead atoms. The third kappa shape index (κ3) is 10.6. The Balaban J connectivity index is 0. The molecular weight excluding hydrogens is 322 g/mol. The molecule has 0 spiro atoms. The van der Waals surface area contributed by atoms with Gasteiger partial charge in [-0.15, -0.1) is 24.0 Å². The fourth-order valence-electron chi connectivity index (χ4n) is 1.09. The van der Waals surface area contributed by atoms with Gasteiger partial charge in [0, 0.05) is 0 Å². The van der Waals surface area contributed by atoms with Crippen LogP contribution in [0.15, 0.2) is 0 Å². The summed E-state index contributed by atoms with van der Waals surface area (Å²) in [5.41, 5.74) is 0. The molecule has 0 saturated heterocycles. The van der Waals surface area contributed by atoms with E-state index in [1.807, 2.05) is 0 Å². The van der Waals surface area contributed by atoms with Gasteiger partial charge < -0.3 is 0 Å². The number of rotatable bonds is 8. The predicted octanol–water partition coefficient (Wildman–Crippen LogP) is 3.20. The zero-order valence-corrected chi connectivity index (χ0v) is 11.5. The molecule has 3 nitrogen and oxygen atoms in total. The maximum atomic E-state index is 11.3. The zero-order chi connectivity index (χ0) is 10.2. The number of halogens is 2. The fourth-order valence-corrected chi connectivity index (χ4v) is 1.71. The van der Waals surface area contributed by atoms with Crippen LogP contribution in [0.5, 0.6) is 0 Å². The summed E-state index contributed by atoms with van der Waals surface area (Å²) in [7, 11) is -3.88. The SMILES string of the molecule is CCCCCCCCS(=O)(=O)OF.I. The molecule has 0 aromatic carbocycles. The van der Waals surface area contributed by atoms with E-state index in [9.17, 15) is 12.9 Å². The standard InChI is InChI=1S/C8H17FO3S.HI/c1-2-3-4-5-6-7-8-13(10,11)12-9;/h2-8H2,1H3;1H. The molecule has 0 rings (SSSR count). The summed E-state index contributed by atoms with van der Waals surface area (Å²) < 4.78 is 35.1. The van der Waals surface area contributed by atoms with Crippen LogP contribution in [0, 0.1) is 0 Å². The third-order valence-electron chi connectivity index (χ3n) is 1.84. The van der Waals surface area contributed by atoms with Gasteiger partial charge in [-0.1, -0.05) is 43.4 Å². The lowest BCUT2D eigenvalue weighted by Crippen LogP contribution is -2.05. The first-order chi connectivity index (χ1) is 6.12. The first kappa shape index (κ1) is 17.0. The van der Waals surface area contributed by atoms with Gasteiger partial charge >= 0.3 is 0 Å². The van der Waals surface area contributed by atoms with Gasteiger partial charge in [0.25, 0.3) is 10.1 Å². The molecule has 0 aliphatic heterocycles. The molecule has 0 N–H and O–H groups in total. The Morgan fingerprint density at radius 2 is 1.57 bits per heavy atom. The summed E-state index contributed by atoms with van der Waals surface area (Å²) in [4.78, 5) is 0. The van der Waals surface area contributed by atoms with E-state index in [0.29, 0.717) is 6.42 Å². The molecule has 0 saturated carbocycles. The summed E-state index contributed by atoms with van der Waals surface area (Å²) in [5, 5.41) is 0. The van der Waals surface area contributed by atoms with Crippen molar-refractivity contribution in [3.63, 3.8) is 0 Å². The van der Waals surface area contributed by atoms with Crippen LogP contribution in [0.4, 0.5) is 4.53 Å². The van der Waals surface area contributed by atoms with E-state index >= 15 is 0 Å². The Hall–Kier alpha value is 0.570. The highest BCUT2D eigenvalue weighted by atomic mass is 127. The third-order valence-corrected chi connectivity index (χ3v) is 2.82. The van der Waals surface area contributed by atoms with E-state index < -0.39 is 10.1 Å². The minimum Gasteiger partial charge on any atom is -0.197 e. The summed E-state index contributed by atoms with van der Waals surface area (Å²) in [6.45, 7) is 2.11. The van der Waals surface area contributed by atoms with Crippen molar-refractivity contribution in [2.45, 2.75) is 45.4 Å². The van der Waals surface area contributed by atoms with Crippen LogP contribution in [0.3, 0.4) is 0 Å². The van der Waals surface area contributed by atoms with Crippen LogP contribution in [0.2, 0.25) is 0 Å². The minimum atomic E-state index is -3.88. The van der Waals surface area contributed by atoms with Gasteiger partial charge in [0.2, 0.25) is 0 Å². The fraction of sp³-hybridized carbons (Fsp3) is 1.00. The van der Waals surface area contributed by atoms with Gasteiger partial charge in [-0.05, 0) is 10.9 Å². The Morgan fingerprint density at radius 1 is 1.07 bits per heavy atom. The van der Waals surface area contributed by atoms with Crippen LogP contribution in [-0.4, -0.2) is 14.2 Å². The maximum Gasteiger partial charge on any atom is 0.297 e. The molecule has 14 heavy (non-hydrogen) atoms. The molecule has 0 aromatic rings. The van der Waals surface area contributed by atoms with Crippen molar-refractivity contribution < 1.29 is 17.3 Å². The second-order valence-corrected chi connectivity index (χ2v) is 4.74. The summed E-state index contributed by atoms with van der Waals surface area (Å²) >= 11 is 0. The molecule has 0 fully saturated rings. The van der Waals surface area contributed by atoms with Crippen LogP contribution in [0.1, 0.15) is 45.4 Å². The molecule has 0 aliphatic rings. The average Bonchev–Trinajstić information content (AvgIpc) is 2.11. The van der Waals surface area contributed by atoms with E-state index in [4.69, 9.17) is 0 Å². The van der Waals surface area contributed by atoms with Gasteiger partial charge in [0.15, 0.2) is 0 Å². The molecule has 88 valence electrons. The lowest BCUT2D eigenvalue weighted by atomic mass is 10.1. The van der Waals surface area contributed by atoms with E-state index in [1.165, 1.54) is 6.42 Å². The van der Waals surface area contributed by atoms with E-state index in [1.54, 1.807) is 0 Å². The second-order valence-electron chi connectivity index (χ2n) is 3.09. The van der Waals surface area contributed by atoms with E-state index in [0.717, 1.165) is 25.7 Å². The molecule has 0 radical (unpaired) electrons. The van der Waals surface area contributed by atoms with Crippen LogP contribution in [-0.2, 0) is 14.5 Å². The second kappa shape index (κ2) is 10.1. The smallest absolute Gasteiger partial charge is 0.197 e. The highest BCUT2D eigenvalue weighted by Crippen LogP contribution is 2.07. The average molecular weight is 340 g/mol. The monoisotopic (exact) mass is 340 g/mol. The van der Waals surface area contributed by atoms with Crippen LogP contribution >= 0.6 is 24.0 Å². The molecule has 0 aromatic heterocycles. The molecule has 0 unspecified atom stereocenters. The summed E-state index contributed by atoms with van der Waals surface area (Å²) in [6.07, 6.45) is 5.76. The molecule has 0 atom stereocenters. The van der Waals surface area contributed by atoms with Crippen molar-refractivity contribution in [1.29, 1.82) is 0 Å². The molecule has 0 heterocycles. The molecular formula is C8H18FIO3S. The van der Waals surface area contributed by atoms with Crippen LogP contribution in [0.25, 0.3) is 0 Å². The highest BCUT2D eigenvalue weighted by Gasteiger charge is 2.09. The Labute approximate surface area is 102 Å². The minimum absolute atomic E-state index is 0. The van der Waals surface area contributed by atoms with Crippen molar-refractivity contribution in [1.82, 2.24) is 0 Å². The predicted molar refractivity (Wildman–Crippen MR) is 64.8 cm³/mol. The van der Waals surface area contributed by atoms with Gasteiger partial charge in [0.1, 0.15) is 0 Å². The van der Waals surface area contributed by atoms with Gasteiger partial charge in [-0.3, -0.25) is 0 Å². The zero-order valence-electron chi connectivity index (χ0n) is 8.37. The Morgan fingerprint density at radius 3 is 2.07 bits per heavy atom. The summed E-state index contributed by atoms with van der Waals surface area (Å²) in [5.74, 6) is -0.213. The van der Waals surface area contributed by atoms with Gasteiger partial charge in [-0.2, -0.15) is 8.42 Å². The topological polar surface area (TPSA) is 43.4 Å². The van der Waals surface area contributed by atoms with E-state index in [2.05, 4.69) is 11.3 Å². The van der Waals surface area contributed by atoms with Gasteiger partial charge in [-0.25, -0.2) is 0 Å².